The molecular formula is C21H21NO3S. The minimum Gasteiger partial charge on any atom is -0.468 e. The summed E-state index contributed by atoms with van der Waals surface area (Å²) in [7, 11) is -3.68. The highest BCUT2D eigenvalue weighted by atomic mass is 32.2. The Balaban J connectivity index is 1.85. The van der Waals surface area contributed by atoms with E-state index in [1.54, 1.807) is 36.4 Å². The Morgan fingerprint density at radius 2 is 1.73 bits per heavy atom. The van der Waals surface area contributed by atoms with Gasteiger partial charge in [-0.25, -0.2) is 13.1 Å². The van der Waals surface area contributed by atoms with Crippen LogP contribution in [-0.2, 0) is 10.0 Å². The molecule has 0 radical (unpaired) electrons. The summed E-state index contributed by atoms with van der Waals surface area (Å²) >= 11 is 0. The molecular weight excluding hydrogens is 346 g/mol. The van der Waals surface area contributed by atoms with Crippen molar-refractivity contribution in [1.82, 2.24) is 4.72 Å². The molecule has 0 spiro atoms. The molecule has 1 N–H and O–H groups in total. The Bertz CT molecular complexity index is 960. The number of hydrogen-bond donors (Lipinski definition) is 1. The van der Waals surface area contributed by atoms with E-state index >= 15 is 0 Å². The van der Waals surface area contributed by atoms with Crippen molar-refractivity contribution in [2.45, 2.75) is 24.3 Å². The van der Waals surface area contributed by atoms with E-state index in [1.165, 1.54) is 6.26 Å². The number of sulfonamides is 1. The molecule has 0 aliphatic carbocycles. The Hall–Kier alpha value is -2.63. The maximum atomic E-state index is 12.8. The molecule has 5 heteroatoms. The fraction of sp³-hybridized carbons (Fsp3) is 0.143. The van der Waals surface area contributed by atoms with E-state index in [9.17, 15) is 8.42 Å². The summed E-state index contributed by atoms with van der Waals surface area (Å²) in [6.07, 6.45) is 1.94. The number of furan rings is 1. The van der Waals surface area contributed by atoms with Crippen LogP contribution in [0.2, 0.25) is 0 Å². The first kappa shape index (κ1) is 18.2. The second kappa shape index (κ2) is 7.72. The monoisotopic (exact) mass is 367 g/mol. The SMILES string of the molecule is C=C(CC(NS(=O)(=O)c1ccc(C)cc1)c1ccco1)c1ccccc1. The number of hydrogen-bond acceptors (Lipinski definition) is 3. The topological polar surface area (TPSA) is 59.3 Å². The maximum absolute atomic E-state index is 12.8. The van der Waals surface area contributed by atoms with Crippen LogP contribution in [0.15, 0.2) is 88.9 Å². The smallest absolute Gasteiger partial charge is 0.241 e. The van der Waals surface area contributed by atoms with E-state index in [-0.39, 0.29) is 4.90 Å². The molecule has 0 saturated heterocycles. The van der Waals surface area contributed by atoms with E-state index in [0.717, 1.165) is 16.7 Å². The van der Waals surface area contributed by atoms with Crippen LogP contribution in [0.5, 0.6) is 0 Å². The lowest BCUT2D eigenvalue weighted by molar-refractivity contribution is 0.447. The van der Waals surface area contributed by atoms with Gasteiger partial charge in [-0.15, -0.1) is 0 Å². The molecule has 1 aromatic heterocycles. The third-order valence-electron chi connectivity index (χ3n) is 4.15. The Kier molecular flexibility index (Phi) is 5.40. The van der Waals surface area contributed by atoms with Crippen LogP contribution >= 0.6 is 0 Å². The van der Waals surface area contributed by atoms with Crippen molar-refractivity contribution in [3.63, 3.8) is 0 Å². The number of benzene rings is 2. The summed E-state index contributed by atoms with van der Waals surface area (Å²) in [4.78, 5) is 0.227. The third kappa shape index (κ3) is 4.31. The lowest BCUT2D eigenvalue weighted by Crippen LogP contribution is -2.28. The average molecular weight is 367 g/mol. The Labute approximate surface area is 154 Å². The second-order valence-corrected chi connectivity index (χ2v) is 7.89. The first-order valence-electron chi connectivity index (χ1n) is 8.31. The zero-order chi connectivity index (χ0) is 18.6. The molecule has 0 amide bonds. The van der Waals surface area contributed by atoms with E-state index in [0.29, 0.717) is 12.2 Å². The molecule has 1 heterocycles. The molecule has 0 saturated carbocycles. The summed E-state index contributed by atoms with van der Waals surface area (Å²) in [5, 5.41) is 0. The fourth-order valence-corrected chi connectivity index (χ4v) is 3.91. The lowest BCUT2D eigenvalue weighted by atomic mass is 9.99. The third-order valence-corrected chi connectivity index (χ3v) is 5.64. The molecule has 134 valence electrons. The van der Waals surface area contributed by atoms with Gasteiger partial charge >= 0.3 is 0 Å². The zero-order valence-corrected chi connectivity index (χ0v) is 15.4. The molecule has 1 atom stereocenters. The standard InChI is InChI=1S/C21H21NO3S/c1-16-10-12-19(13-11-16)26(23,24)22-20(21-9-6-14-25-21)15-17(2)18-7-4-3-5-8-18/h3-14,20,22H,2,15H2,1H3. The highest BCUT2D eigenvalue weighted by Gasteiger charge is 2.24. The van der Waals surface area contributed by atoms with Crippen LogP contribution in [0, 0.1) is 6.92 Å². The van der Waals surface area contributed by atoms with Crippen molar-refractivity contribution in [1.29, 1.82) is 0 Å². The van der Waals surface area contributed by atoms with Gasteiger partial charge in [-0.3, -0.25) is 0 Å². The maximum Gasteiger partial charge on any atom is 0.241 e. The van der Waals surface area contributed by atoms with Gasteiger partial charge in [0.1, 0.15) is 5.76 Å². The molecule has 0 fully saturated rings. The van der Waals surface area contributed by atoms with Crippen molar-refractivity contribution in [3.05, 3.63) is 96.5 Å². The zero-order valence-electron chi connectivity index (χ0n) is 14.6. The first-order valence-corrected chi connectivity index (χ1v) is 9.79. The van der Waals surface area contributed by atoms with Crippen molar-refractivity contribution in [3.8, 4) is 0 Å². The summed E-state index contributed by atoms with van der Waals surface area (Å²) < 4.78 is 33.8. The van der Waals surface area contributed by atoms with Gasteiger partial charge in [0.2, 0.25) is 10.0 Å². The van der Waals surface area contributed by atoms with Gasteiger partial charge in [0.25, 0.3) is 0 Å². The molecule has 0 bridgehead atoms. The van der Waals surface area contributed by atoms with E-state index in [1.807, 2.05) is 37.3 Å². The largest absolute Gasteiger partial charge is 0.468 e. The summed E-state index contributed by atoms with van der Waals surface area (Å²) in [5.41, 5.74) is 2.81. The highest BCUT2D eigenvalue weighted by molar-refractivity contribution is 7.89. The van der Waals surface area contributed by atoms with Crippen LogP contribution in [-0.4, -0.2) is 8.42 Å². The van der Waals surface area contributed by atoms with Gasteiger partial charge in [0.05, 0.1) is 17.2 Å². The second-order valence-electron chi connectivity index (χ2n) is 6.18. The molecule has 3 aromatic rings. The predicted octanol–water partition coefficient (Wildman–Crippen LogP) is 4.71. The Morgan fingerprint density at radius 1 is 1.04 bits per heavy atom. The van der Waals surface area contributed by atoms with Crippen LogP contribution in [0.1, 0.15) is 29.3 Å². The van der Waals surface area contributed by atoms with Gasteiger partial charge in [-0.05, 0) is 48.7 Å². The molecule has 0 aliphatic rings. The van der Waals surface area contributed by atoms with Gasteiger partial charge < -0.3 is 4.42 Å². The number of aryl methyl sites for hydroxylation is 1. The quantitative estimate of drug-likeness (QED) is 0.658. The fourth-order valence-electron chi connectivity index (χ4n) is 2.70. The van der Waals surface area contributed by atoms with Gasteiger partial charge in [0.15, 0.2) is 0 Å². The van der Waals surface area contributed by atoms with E-state index < -0.39 is 16.1 Å². The molecule has 26 heavy (non-hydrogen) atoms. The number of rotatable bonds is 7. The van der Waals surface area contributed by atoms with Crippen LogP contribution < -0.4 is 4.72 Å². The molecule has 4 nitrogen and oxygen atoms in total. The first-order chi connectivity index (χ1) is 12.5. The minimum atomic E-state index is -3.68. The molecule has 1 unspecified atom stereocenters. The molecule has 3 rings (SSSR count). The predicted molar refractivity (Wildman–Crippen MR) is 103 cm³/mol. The van der Waals surface area contributed by atoms with Gasteiger partial charge in [-0.2, -0.15) is 0 Å². The summed E-state index contributed by atoms with van der Waals surface area (Å²) in [6, 6.07) is 19.4. The van der Waals surface area contributed by atoms with Crippen LogP contribution in [0.3, 0.4) is 0 Å². The van der Waals surface area contributed by atoms with Crippen molar-refractivity contribution in [2.24, 2.45) is 0 Å². The van der Waals surface area contributed by atoms with Gasteiger partial charge in [0, 0.05) is 0 Å². The van der Waals surface area contributed by atoms with Gasteiger partial charge in [-0.1, -0.05) is 54.6 Å². The number of nitrogens with one attached hydrogen (secondary N) is 1. The average Bonchev–Trinajstić information content (AvgIpc) is 3.17. The van der Waals surface area contributed by atoms with E-state index in [4.69, 9.17) is 4.42 Å². The summed E-state index contributed by atoms with van der Waals surface area (Å²) in [6.45, 7) is 6.03. The molecule has 0 aliphatic heterocycles. The van der Waals surface area contributed by atoms with Crippen LogP contribution in [0.4, 0.5) is 0 Å². The van der Waals surface area contributed by atoms with Crippen molar-refractivity contribution < 1.29 is 12.8 Å². The summed E-state index contributed by atoms with van der Waals surface area (Å²) in [5.74, 6) is 0.553. The minimum absolute atomic E-state index is 0.227. The normalized spacial score (nSPS) is 12.7. The lowest BCUT2D eigenvalue weighted by Gasteiger charge is -2.18. The Morgan fingerprint density at radius 3 is 2.35 bits per heavy atom. The van der Waals surface area contributed by atoms with Crippen molar-refractivity contribution >= 4 is 15.6 Å². The van der Waals surface area contributed by atoms with Crippen LogP contribution in [0.25, 0.3) is 5.57 Å². The van der Waals surface area contributed by atoms with E-state index in [2.05, 4.69) is 11.3 Å². The highest BCUT2D eigenvalue weighted by Crippen LogP contribution is 2.28. The van der Waals surface area contributed by atoms with Crippen molar-refractivity contribution in [2.75, 3.05) is 0 Å². The molecule has 2 aromatic carbocycles.